The Morgan fingerprint density at radius 2 is 0.874 bits per heavy atom. The topological polar surface area (TPSA) is 350 Å². The van der Waals surface area contributed by atoms with Gasteiger partial charge in [0.15, 0.2) is 46.5 Å². The van der Waals surface area contributed by atoms with Gasteiger partial charge in [0.1, 0.15) is 84.1 Å². The Morgan fingerprint density at radius 1 is 0.479 bits per heavy atom. The van der Waals surface area contributed by atoms with Crippen molar-refractivity contribution in [3.8, 4) is 51.3 Å². The lowest BCUT2D eigenvalue weighted by molar-refractivity contribution is -0.159. The van der Waals surface area contributed by atoms with Gasteiger partial charge < -0.3 is 65.1 Å². The lowest BCUT2D eigenvalue weighted by atomic mass is 10.0. The van der Waals surface area contributed by atoms with Crippen LogP contribution in [0.5, 0.6) is 5.75 Å². The molecule has 0 saturated carbocycles. The number of pyridine rings is 4. The zero-order valence-electron chi connectivity index (χ0n) is 63.1. The molecule has 0 radical (unpaired) electrons. The number of aromatic hydroxyl groups is 1. The number of fused-ring (bicyclic) bond motifs is 4. The highest BCUT2D eigenvalue weighted by Crippen LogP contribution is 2.39. The van der Waals surface area contributed by atoms with Gasteiger partial charge in [-0.15, -0.1) is 0 Å². The van der Waals surface area contributed by atoms with E-state index in [1.807, 2.05) is 11.4 Å². The van der Waals surface area contributed by atoms with E-state index in [9.17, 15) is 81.4 Å². The molecule has 4 amide bonds. The molecule has 0 bridgehead atoms. The van der Waals surface area contributed by atoms with Crippen LogP contribution in [0.25, 0.3) is 89.7 Å². The van der Waals surface area contributed by atoms with Crippen molar-refractivity contribution >= 4 is 126 Å². The molecule has 3 saturated heterocycles. The van der Waals surface area contributed by atoms with Gasteiger partial charge in [0.05, 0.1) is 27.5 Å². The van der Waals surface area contributed by atoms with E-state index in [-0.39, 0.29) is 35.6 Å². The first kappa shape index (κ1) is 86.3. The standard InChI is InChI=1S/C19H17ClF4N6O.C19H18ClF3N6O2.C19H18ClF3N6O.C17H17F3N6O/c1-29(9-19(22,23)24)18(31)14-3-2-4-30(14)17-13(21)8-27-16(28-17)12-7-26-15-11(12)5-10(20)6-25-15;1-28(9-19(21,22)23)18(31)13-3-2-4-29(13)17-14(30)8-26-16(27-17)12-7-25-15-11(12)5-10(20)6-24-15;1-28(10-19(21,22)23)18(30)14-3-2-6-29(14)15-4-5-24-17(27-15)13-9-26-16-12(13)7-11(20)8-25-16;1-16(2,15(27)24-9-17(18,19)20)26-12-5-7-22-14(25-12)11-8-23-13-10(11)4-3-6-21-13/h5-8,14H,2-4,9H2,1H3,(H,25,26);5-8,13,30H,2-4,9H2,1H3,(H,24,25);4-5,7-9,14H,2-3,6,10H2,1H3,(H,25,26);3-8H,9H2,1-2H3,(H,21,23)(H,24,27)(H,22,25,26)/t14-;13-;14-;/m111./s1. The summed E-state index contributed by atoms with van der Waals surface area (Å²) in [5.74, 6) is -1.84. The Balaban J connectivity index is 0.000000146. The highest BCUT2D eigenvalue weighted by Gasteiger charge is 2.43. The van der Waals surface area contributed by atoms with Gasteiger partial charge in [-0.2, -0.15) is 52.7 Å². The lowest BCUT2D eigenvalue weighted by Gasteiger charge is -2.29. The van der Waals surface area contributed by atoms with Gasteiger partial charge in [-0.05, 0) is 94.8 Å². The number of halogens is 16. The summed E-state index contributed by atoms with van der Waals surface area (Å²) in [4.78, 5) is 120. The Hall–Kier alpha value is -12.1. The summed E-state index contributed by atoms with van der Waals surface area (Å²) < 4.78 is 166. The van der Waals surface area contributed by atoms with Crippen LogP contribution in [-0.2, 0) is 19.2 Å². The van der Waals surface area contributed by atoms with Gasteiger partial charge in [-0.1, -0.05) is 34.8 Å². The third kappa shape index (κ3) is 20.9. The van der Waals surface area contributed by atoms with Gasteiger partial charge >= 0.3 is 24.7 Å². The second-order valence-corrected chi connectivity index (χ2v) is 29.5. The van der Waals surface area contributed by atoms with Crippen molar-refractivity contribution in [3.63, 3.8) is 0 Å². The summed E-state index contributed by atoms with van der Waals surface area (Å²) in [7, 11) is 3.36. The molecule has 12 aromatic rings. The van der Waals surface area contributed by atoms with Gasteiger partial charge in [0.25, 0.3) is 0 Å². The lowest BCUT2D eigenvalue weighted by Crippen LogP contribution is -2.50. The minimum Gasteiger partial charge on any atom is -0.503 e. The number of rotatable bonds is 17. The van der Waals surface area contributed by atoms with Crippen molar-refractivity contribution in [1.29, 1.82) is 0 Å². The van der Waals surface area contributed by atoms with E-state index >= 15 is 0 Å². The number of nitrogens with one attached hydrogen (secondary N) is 6. The summed E-state index contributed by atoms with van der Waals surface area (Å²) in [6.45, 7) is -1.30. The predicted octanol–water partition coefficient (Wildman–Crippen LogP) is 13.7. The van der Waals surface area contributed by atoms with E-state index in [1.54, 1.807) is 72.4 Å². The average Bonchev–Trinajstić information content (AvgIpc) is 1.69. The minimum absolute atomic E-state index is 0.0885. The maximum Gasteiger partial charge on any atom is 0.406 e. The van der Waals surface area contributed by atoms with Gasteiger partial charge in [-0.25, -0.2) is 64.2 Å². The van der Waals surface area contributed by atoms with Crippen LogP contribution < -0.4 is 25.3 Å². The molecule has 119 heavy (non-hydrogen) atoms. The normalized spacial score (nSPS) is 15.8. The molecule has 0 aromatic carbocycles. The number of alkyl halides is 12. The first-order valence-electron chi connectivity index (χ1n) is 36.1. The zero-order chi connectivity index (χ0) is 85.8. The summed E-state index contributed by atoms with van der Waals surface area (Å²) in [5, 5.41) is 19.2. The first-order valence-corrected chi connectivity index (χ1v) is 37.2. The van der Waals surface area contributed by atoms with Crippen molar-refractivity contribution in [1.82, 2.24) is 99.8 Å². The Bertz CT molecular complexity index is 5510. The van der Waals surface area contributed by atoms with Crippen LogP contribution in [0, 0.1) is 5.82 Å². The number of aromatic nitrogens is 16. The second kappa shape index (κ2) is 35.2. The van der Waals surface area contributed by atoms with E-state index in [4.69, 9.17) is 34.8 Å². The summed E-state index contributed by atoms with van der Waals surface area (Å²) >= 11 is 18.1. The highest BCUT2D eigenvalue weighted by molar-refractivity contribution is 6.32. The average molecular weight is 1730 g/mol. The van der Waals surface area contributed by atoms with Gasteiger partial charge in [-0.3, -0.25) is 19.2 Å². The van der Waals surface area contributed by atoms with E-state index in [1.165, 1.54) is 67.7 Å². The van der Waals surface area contributed by atoms with Gasteiger partial charge in [0, 0.05) is 147 Å². The number of carbonyl (C=O) groups is 4. The molecule has 0 aliphatic carbocycles. The van der Waals surface area contributed by atoms with Crippen molar-refractivity contribution in [3.05, 3.63) is 138 Å². The Kier molecular flexibility index (Phi) is 25.5. The van der Waals surface area contributed by atoms with Crippen LogP contribution in [0.4, 0.5) is 80.3 Å². The van der Waals surface area contributed by atoms with E-state index in [2.05, 4.69) is 85.1 Å². The third-order valence-corrected chi connectivity index (χ3v) is 19.6. The molecule has 15 heterocycles. The second-order valence-electron chi connectivity index (χ2n) is 28.2. The van der Waals surface area contributed by atoms with E-state index < -0.39 is 104 Å². The minimum atomic E-state index is -4.52. The van der Waals surface area contributed by atoms with Crippen LogP contribution in [0.1, 0.15) is 52.4 Å². The fourth-order valence-corrected chi connectivity index (χ4v) is 14.1. The molecule has 3 aliphatic heterocycles. The van der Waals surface area contributed by atoms with Crippen LogP contribution in [0.15, 0.2) is 117 Å². The molecular formula is C74H70Cl3F13N24O5. The van der Waals surface area contributed by atoms with Crippen molar-refractivity contribution < 1.29 is 81.4 Å². The summed E-state index contributed by atoms with van der Waals surface area (Å²) in [5.41, 5.74) is 3.65. The maximum atomic E-state index is 14.6. The first-order chi connectivity index (χ1) is 56.2. The number of amides is 4. The van der Waals surface area contributed by atoms with E-state index in [0.717, 1.165) is 41.5 Å². The van der Waals surface area contributed by atoms with Crippen LogP contribution in [-0.4, -0.2) is 239 Å². The quantitative estimate of drug-likeness (QED) is 0.0416. The molecule has 628 valence electrons. The zero-order valence-corrected chi connectivity index (χ0v) is 65.3. The molecule has 0 spiro atoms. The molecule has 0 unspecified atom stereocenters. The highest BCUT2D eigenvalue weighted by atomic mass is 35.5. The number of hydrogen-bond acceptors (Lipinski definition) is 21. The fraction of sp³-hybridized carbons (Fsp3) is 0.351. The molecular weight excluding hydrogens is 1660 g/mol. The molecule has 12 aromatic heterocycles. The van der Waals surface area contributed by atoms with Crippen LogP contribution in [0.3, 0.4) is 0 Å². The Labute approximate surface area is 680 Å². The van der Waals surface area contributed by atoms with Crippen molar-refractivity contribution in [2.45, 2.75) is 101 Å². The molecule has 3 fully saturated rings. The number of hydrogen-bond donors (Lipinski definition) is 7. The summed E-state index contributed by atoms with van der Waals surface area (Å²) in [6.07, 6.45) is 3.03. The summed E-state index contributed by atoms with van der Waals surface area (Å²) in [6, 6.07) is 9.45. The Morgan fingerprint density at radius 3 is 1.34 bits per heavy atom. The van der Waals surface area contributed by atoms with Crippen molar-refractivity contribution in [2.75, 3.05) is 87.0 Å². The van der Waals surface area contributed by atoms with E-state index in [0.29, 0.717) is 150 Å². The molecule has 3 atom stereocenters. The number of nitrogens with zero attached hydrogens (tertiary/aromatic N) is 18. The monoisotopic (exact) mass is 1730 g/mol. The molecule has 3 aliphatic rings. The fourth-order valence-electron chi connectivity index (χ4n) is 13.7. The van der Waals surface area contributed by atoms with Crippen molar-refractivity contribution in [2.24, 2.45) is 0 Å². The largest absolute Gasteiger partial charge is 0.503 e. The molecule has 7 N–H and O–H groups in total. The number of likely N-dealkylation sites (N-methyl/N-ethyl adjacent to an activating group) is 3. The predicted molar refractivity (Wildman–Crippen MR) is 414 cm³/mol. The molecule has 29 nitrogen and oxygen atoms in total. The number of anilines is 4. The number of carbonyl (C=O) groups excluding carboxylic acids is 4. The van der Waals surface area contributed by atoms with Crippen LogP contribution in [0.2, 0.25) is 15.1 Å². The SMILES string of the molecule is CC(C)(Nc1ccnc(-c2c[nH]c3ncccc23)n1)C(=O)NCC(F)(F)F.CN(CC(F)(F)F)C(=O)[C@H]1CCCN1c1ccnc(-c2c[nH]c3ncc(Cl)cc23)n1.CN(CC(F)(F)F)C(=O)[C@H]1CCCN1c1nc(-c2c[nH]c3ncc(Cl)cc23)ncc1F.CN(CC(F)(F)F)C(=O)[C@H]1CCCN1c1nc(-c2c[nH]c3ncc(Cl)cc23)ncc1O. The van der Waals surface area contributed by atoms with Gasteiger partial charge in [0.2, 0.25) is 23.6 Å². The maximum absolute atomic E-state index is 14.6. The third-order valence-electron chi connectivity index (χ3n) is 19.0. The molecule has 15 rings (SSSR count). The molecule has 45 heteroatoms. The number of aromatic amines is 4. The van der Waals surface area contributed by atoms with Crippen LogP contribution >= 0.6 is 34.8 Å². The number of H-pyrrole nitrogens is 4. The smallest absolute Gasteiger partial charge is 0.406 e.